The van der Waals surface area contributed by atoms with Crippen LogP contribution < -0.4 is 10.2 Å². The first-order valence-electron chi connectivity index (χ1n) is 7.83. The molecule has 0 radical (unpaired) electrons. The van der Waals surface area contributed by atoms with Crippen LogP contribution in [-0.4, -0.2) is 41.3 Å². The third-order valence-electron chi connectivity index (χ3n) is 4.73. The van der Waals surface area contributed by atoms with Crippen molar-refractivity contribution in [2.24, 2.45) is 11.8 Å². The Morgan fingerprint density at radius 1 is 1.52 bits per heavy atom. The van der Waals surface area contributed by atoms with Gasteiger partial charge in [-0.15, -0.1) is 0 Å². The molecular weight excluding hydrogens is 298 g/mol. The van der Waals surface area contributed by atoms with Gasteiger partial charge in [-0.25, -0.2) is 0 Å². The van der Waals surface area contributed by atoms with E-state index in [4.69, 9.17) is 9.26 Å². The van der Waals surface area contributed by atoms with Gasteiger partial charge in [0.15, 0.2) is 5.82 Å². The summed E-state index contributed by atoms with van der Waals surface area (Å²) in [5.41, 5.74) is -0.729. The zero-order valence-corrected chi connectivity index (χ0v) is 13.3. The Kier molecular flexibility index (Phi) is 2.93. The molecule has 1 N–H and O–H groups in total. The molecule has 1 aromatic heterocycles. The number of carbonyl (C=O) groups is 2. The van der Waals surface area contributed by atoms with Crippen molar-refractivity contribution in [3.8, 4) is 0 Å². The van der Waals surface area contributed by atoms with E-state index in [1.807, 2.05) is 26.0 Å². The maximum absolute atomic E-state index is 12.9. The van der Waals surface area contributed by atoms with Crippen LogP contribution in [-0.2, 0) is 14.3 Å². The Labute approximate surface area is 133 Å². The quantitative estimate of drug-likeness (QED) is 0.833. The summed E-state index contributed by atoms with van der Waals surface area (Å²) in [5, 5.41) is 6.82. The monoisotopic (exact) mass is 317 g/mol. The highest BCUT2D eigenvalue weighted by atomic mass is 16.5. The molecule has 7 nitrogen and oxygen atoms in total. The van der Waals surface area contributed by atoms with Gasteiger partial charge in [-0.2, -0.15) is 0 Å². The van der Waals surface area contributed by atoms with Gasteiger partial charge < -0.3 is 14.6 Å². The molecule has 2 amide bonds. The molecule has 0 aliphatic carbocycles. The van der Waals surface area contributed by atoms with Gasteiger partial charge in [0.25, 0.3) is 0 Å². The van der Waals surface area contributed by atoms with E-state index in [0.29, 0.717) is 18.1 Å². The second-order valence-corrected chi connectivity index (χ2v) is 6.78. The zero-order chi connectivity index (χ0) is 16.4. The van der Waals surface area contributed by atoms with Crippen LogP contribution in [0.25, 0.3) is 0 Å². The fraction of sp³-hybridized carbons (Fsp3) is 0.562. The highest BCUT2D eigenvalue weighted by molar-refractivity contribution is 6.02. The summed E-state index contributed by atoms with van der Waals surface area (Å²) in [7, 11) is 0. The topological polar surface area (TPSA) is 84.7 Å². The van der Waals surface area contributed by atoms with Gasteiger partial charge in [-0.05, 0) is 20.8 Å². The minimum Gasteiger partial charge on any atom is -0.360 e. The molecular formula is C16H19N3O4. The van der Waals surface area contributed by atoms with E-state index in [2.05, 4.69) is 10.5 Å². The highest BCUT2D eigenvalue weighted by Gasteiger charge is 2.67. The Balaban J connectivity index is 1.67. The molecule has 1 spiro atoms. The summed E-state index contributed by atoms with van der Waals surface area (Å²) in [6, 6.07) is 1.74. The number of anilines is 1. The second kappa shape index (κ2) is 4.67. The van der Waals surface area contributed by atoms with Gasteiger partial charge in [0.2, 0.25) is 11.8 Å². The molecule has 23 heavy (non-hydrogen) atoms. The molecule has 3 aliphatic rings. The zero-order valence-electron chi connectivity index (χ0n) is 13.3. The van der Waals surface area contributed by atoms with Crippen molar-refractivity contribution in [1.82, 2.24) is 10.5 Å². The van der Waals surface area contributed by atoms with Gasteiger partial charge in [0.1, 0.15) is 11.4 Å². The van der Waals surface area contributed by atoms with Crippen molar-refractivity contribution < 1.29 is 18.8 Å². The van der Waals surface area contributed by atoms with E-state index in [9.17, 15) is 9.59 Å². The van der Waals surface area contributed by atoms with E-state index >= 15 is 0 Å². The largest absolute Gasteiger partial charge is 0.360 e. The average molecular weight is 317 g/mol. The van der Waals surface area contributed by atoms with Gasteiger partial charge in [0, 0.05) is 12.1 Å². The number of amides is 2. The Hall–Kier alpha value is -2.15. The number of carbonyl (C=O) groups excluding carboxylic acids is 2. The summed E-state index contributed by atoms with van der Waals surface area (Å²) < 4.78 is 11.1. The van der Waals surface area contributed by atoms with Crippen LogP contribution in [0, 0.1) is 18.8 Å². The SMILES string of the molecule is Cc1cc(N2C[C@@]34C=C[C@@H](O3)[C@@H](C(=O)NC(C)C)[C@H]4C2=O)no1. The normalized spacial score (nSPS) is 34.5. The number of rotatable bonds is 3. The number of nitrogens with zero attached hydrogens (tertiary/aromatic N) is 2. The first-order valence-corrected chi connectivity index (χ1v) is 7.83. The molecule has 4 rings (SSSR count). The van der Waals surface area contributed by atoms with E-state index in [-0.39, 0.29) is 24.0 Å². The van der Waals surface area contributed by atoms with Crippen molar-refractivity contribution in [3.05, 3.63) is 24.0 Å². The number of nitrogens with one attached hydrogen (secondary N) is 1. The lowest BCUT2D eigenvalue weighted by molar-refractivity contribution is -0.132. The lowest BCUT2D eigenvalue weighted by atomic mass is 9.76. The number of hydrogen-bond donors (Lipinski definition) is 1. The summed E-state index contributed by atoms with van der Waals surface area (Å²) in [5.74, 6) is -0.153. The molecule has 4 atom stereocenters. The van der Waals surface area contributed by atoms with E-state index in [1.165, 1.54) is 0 Å². The summed E-state index contributed by atoms with van der Waals surface area (Å²) in [4.78, 5) is 27.0. The first kappa shape index (κ1) is 14.4. The van der Waals surface area contributed by atoms with Crippen LogP contribution in [0.2, 0.25) is 0 Å². The molecule has 122 valence electrons. The highest BCUT2D eigenvalue weighted by Crippen LogP contribution is 2.52. The van der Waals surface area contributed by atoms with Crippen LogP contribution >= 0.6 is 0 Å². The Bertz CT molecular complexity index is 710. The second-order valence-electron chi connectivity index (χ2n) is 6.78. The van der Waals surface area contributed by atoms with Gasteiger partial charge in [-0.3, -0.25) is 14.5 Å². The number of hydrogen-bond acceptors (Lipinski definition) is 5. The molecule has 0 aromatic carbocycles. The van der Waals surface area contributed by atoms with Crippen molar-refractivity contribution in [2.45, 2.75) is 38.5 Å². The maximum Gasteiger partial charge on any atom is 0.235 e. The lowest BCUT2D eigenvalue weighted by Crippen LogP contribution is -2.45. The predicted octanol–water partition coefficient (Wildman–Crippen LogP) is 0.794. The molecule has 7 heteroatoms. The molecule has 2 fully saturated rings. The lowest BCUT2D eigenvalue weighted by Gasteiger charge is -2.24. The fourth-order valence-corrected chi connectivity index (χ4v) is 3.85. The van der Waals surface area contributed by atoms with Gasteiger partial charge >= 0.3 is 0 Å². The van der Waals surface area contributed by atoms with Crippen LogP contribution in [0.5, 0.6) is 0 Å². The third kappa shape index (κ3) is 1.96. The Morgan fingerprint density at radius 3 is 2.96 bits per heavy atom. The van der Waals surface area contributed by atoms with Crippen molar-refractivity contribution >= 4 is 17.6 Å². The molecule has 3 aliphatic heterocycles. The van der Waals surface area contributed by atoms with Gasteiger partial charge in [-0.1, -0.05) is 17.3 Å². The molecule has 2 saturated heterocycles. The number of aromatic nitrogens is 1. The first-order chi connectivity index (χ1) is 10.9. The van der Waals surface area contributed by atoms with Crippen LogP contribution in [0.4, 0.5) is 5.82 Å². The van der Waals surface area contributed by atoms with Crippen molar-refractivity contribution in [2.75, 3.05) is 11.4 Å². The average Bonchev–Trinajstić information content (AvgIpc) is 3.19. The third-order valence-corrected chi connectivity index (χ3v) is 4.73. The smallest absolute Gasteiger partial charge is 0.235 e. The standard InChI is InChI=1S/C16H19N3O4/c1-8(2)17-14(20)12-10-4-5-16(22-10)7-19(15(21)13(12)16)11-6-9(3)23-18-11/h4-6,8,10,12-13H,7H2,1-3H3,(H,17,20)/t10-,12-,13+,16-/m1/s1. The summed E-state index contributed by atoms with van der Waals surface area (Å²) in [6.45, 7) is 5.94. The van der Waals surface area contributed by atoms with Crippen LogP contribution in [0.1, 0.15) is 19.6 Å². The predicted molar refractivity (Wildman–Crippen MR) is 80.6 cm³/mol. The molecule has 0 saturated carbocycles. The molecule has 2 bridgehead atoms. The van der Waals surface area contributed by atoms with Crippen molar-refractivity contribution in [3.63, 3.8) is 0 Å². The molecule has 1 aromatic rings. The van der Waals surface area contributed by atoms with E-state index < -0.39 is 17.4 Å². The van der Waals surface area contributed by atoms with E-state index in [1.54, 1.807) is 17.9 Å². The van der Waals surface area contributed by atoms with Crippen LogP contribution in [0.15, 0.2) is 22.7 Å². The number of aryl methyl sites for hydroxylation is 1. The summed E-state index contributed by atoms with van der Waals surface area (Å²) in [6.07, 6.45) is 3.49. The van der Waals surface area contributed by atoms with Crippen molar-refractivity contribution in [1.29, 1.82) is 0 Å². The van der Waals surface area contributed by atoms with Crippen LogP contribution in [0.3, 0.4) is 0 Å². The van der Waals surface area contributed by atoms with Gasteiger partial charge in [0.05, 0.1) is 24.5 Å². The number of ether oxygens (including phenoxy) is 1. The molecule has 0 unspecified atom stereocenters. The summed E-state index contributed by atoms with van der Waals surface area (Å²) >= 11 is 0. The number of fused-ring (bicyclic) bond motifs is 1. The Morgan fingerprint density at radius 2 is 2.30 bits per heavy atom. The fourth-order valence-electron chi connectivity index (χ4n) is 3.85. The minimum absolute atomic E-state index is 0.0207. The van der Waals surface area contributed by atoms with E-state index in [0.717, 1.165) is 0 Å². The maximum atomic E-state index is 12.9. The molecule has 4 heterocycles. The minimum atomic E-state index is -0.729.